The van der Waals surface area contributed by atoms with E-state index in [0.29, 0.717) is 6.42 Å². The number of primary amides is 1. The number of carbonyl (C=O) groups excluding carboxylic acids is 1. The van der Waals surface area contributed by atoms with E-state index in [1.165, 1.54) is 24.3 Å². The summed E-state index contributed by atoms with van der Waals surface area (Å²) in [5.74, 6) is -0.544. The van der Waals surface area contributed by atoms with Gasteiger partial charge >= 0.3 is 10.5 Å². The van der Waals surface area contributed by atoms with Gasteiger partial charge in [-0.05, 0) is 24.1 Å². The molecule has 102 valence electrons. The highest BCUT2D eigenvalue weighted by molar-refractivity contribution is 7.81. The molecule has 0 heterocycles. The van der Waals surface area contributed by atoms with Crippen molar-refractivity contribution in [2.45, 2.75) is 26.7 Å². The van der Waals surface area contributed by atoms with Gasteiger partial charge in [0.2, 0.25) is 5.91 Å². The second-order valence-electron chi connectivity index (χ2n) is 3.09. The monoisotopic (exact) mass is 277 g/mol. The standard InChI is InChI=1S/C9H10FNO4S.C2H6/c10-16(13,14)15-8-4-1-7(2-5-8)3-6-9(11)12;1-2/h1-2,4-5H,3,6H2,(H2,11,12);1-2H3. The quantitative estimate of drug-likeness (QED) is 0.830. The lowest BCUT2D eigenvalue weighted by atomic mass is 10.1. The van der Waals surface area contributed by atoms with Crippen molar-refractivity contribution < 1.29 is 21.3 Å². The first-order valence-electron chi connectivity index (χ1n) is 5.38. The molecule has 0 unspecified atom stereocenters. The molecular weight excluding hydrogens is 261 g/mol. The topological polar surface area (TPSA) is 86.5 Å². The first kappa shape index (κ1) is 16.4. The maximum atomic E-state index is 12.1. The summed E-state index contributed by atoms with van der Waals surface area (Å²) in [5, 5.41) is 0. The fourth-order valence-corrected chi connectivity index (χ4v) is 1.44. The molecule has 0 spiro atoms. The Kier molecular flexibility index (Phi) is 6.96. The van der Waals surface area contributed by atoms with Crippen molar-refractivity contribution in [2.24, 2.45) is 5.73 Å². The first-order valence-corrected chi connectivity index (χ1v) is 6.69. The minimum absolute atomic E-state index is 0.120. The number of halogens is 1. The Bertz CT molecular complexity index is 470. The Morgan fingerprint density at radius 1 is 1.28 bits per heavy atom. The van der Waals surface area contributed by atoms with Gasteiger partial charge in [0, 0.05) is 6.42 Å². The molecule has 2 N–H and O–H groups in total. The van der Waals surface area contributed by atoms with E-state index in [2.05, 4.69) is 4.18 Å². The highest BCUT2D eigenvalue weighted by Gasteiger charge is 2.08. The molecule has 1 amide bonds. The first-order chi connectivity index (χ1) is 8.37. The molecule has 1 aromatic carbocycles. The third-order valence-electron chi connectivity index (χ3n) is 1.78. The number of aryl methyl sites for hydroxylation is 1. The van der Waals surface area contributed by atoms with E-state index in [1.54, 1.807) is 0 Å². The zero-order valence-electron chi connectivity index (χ0n) is 10.2. The van der Waals surface area contributed by atoms with E-state index in [9.17, 15) is 17.1 Å². The van der Waals surface area contributed by atoms with Crippen molar-refractivity contribution in [3.63, 3.8) is 0 Å². The van der Waals surface area contributed by atoms with Crippen LogP contribution in [-0.2, 0) is 21.7 Å². The number of hydrogen-bond donors (Lipinski definition) is 1. The largest absolute Gasteiger partial charge is 0.488 e. The summed E-state index contributed by atoms with van der Waals surface area (Å²) < 4.78 is 36.4. The number of hydrogen-bond acceptors (Lipinski definition) is 4. The molecule has 0 aliphatic heterocycles. The maximum Gasteiger partial charge on any atom is 0.488 e. The minimum atomic E-state index is -4.99. The number of rotatable bonds is 5. The smallest absolute Gasteiger partial charge is 0.370 e. The molecule has 0 saturated carbocycles. The van der Waals surface area contributed by atoms with Crippen molar-refractivity contribution in [2.75, 3.05) is 0 Å². The fraction of sp³-hybridized carbons (Fsp3) is 0.364. The average Bonchev–Trinajstić information content (AvgIpc) is 2.29. The molecule has 0 atom stereocenters. The summed E-state index contributed by atoms with van der Waals surface area (Å²) in [5.41, 5.74) is 5.74. The molecular formula is C11H16FNO4S. The summed E-state index contributed by atoms with van der Waals surface area (Å²) in [6.07, 6.45) is 0.638. The number of amides is 1. The SMILES string of the molecule is CC.NC(=O)CCc1ccc(OS(=O)(=O)F)cc1. The highest BCUT2D eigenvalue weighted by atomic mass is 32.3. The third kappa shape index (κ3) is 7.61. The van der Waals surface area contributed by atoms with Gasteiger partial charge in [0.05, 0.1) is 0 Å². The molecule has 7 heteroatoms. The van der Waals surface area contributed by atoms with Crippen molar-refractivity contribution >= 4 is 16.4 Å². The van der Waals surface area contributed by atoms with E-state index in [1.807, 2.05) is 13.8 Å². The van der Waals surface area contributed by atoms with Gasteiger partial charge in [0.15, 0.2) is 0 Å². The van der Waals surface area contributed by atoms with Crippen LogP contribution < -0.4 is 9.92 Å². The average molecular weight is 277 g/mol. The Morgan fingerprint density at radius 2 is 1.78 bits per heavy atom. The van der Waals surface area contributed by atoms with Crippen LogP contribution >= 0.6 is 0 Å². The van der Waals surface area contributed by atoms with Crippen LogP contribution in [0.2, 0.25) is 0 Å². The van der Waals surface area contributed by atoms with Crippen molar-refractivity contribution in [3.8, 4) is 5.75 Å². The van der Waals surface area contributed by atoms with Crippen molar-refractivity contribution in [3.05, 3.63) is 29.8 Å². The van der Waals surface area contributed by atoms with Gasteiger partial charge < -0.3 is 9.92 Å². The van der Waals surface area contributed by atoms with E-state index < -0.39 is 16.4 Å². The lowest BCUT2D eigenvalue weighted by Crippen LogP contribution is -2.11. The van der Waals surface area contributed by atoms with E-state index in [0.717, 1.165) is 5.56 Å². The Morgan fingerprint density at radius 3 is 2.17 bits per heavy atom. The fourth-order valence-electron chi connectivity index (χ4n) is 1.09. The minimum Gasteiger partial charge on any atom is -0.370 e. The Balaban J connectivity index is 0.00000137. The van der Waals surface area contributed by atoms with Gasteiger partial charge in [-0.15, -0.1) is 0 Å². The summed E-state index contributed by atoms with van der Waals surface area (Å²) in [6, 6.07) is 5.66. The molecule has 18 heavy (non-hydrogen) atoms. The lowest BCUT2D eigenvalue weighted by Gasteiger charge is -2.02. The summed E-state index contributed by atoms with van der Waals surface area (Å²) >= 11 is 0. The predicted octanol–water partition coefficient (Wildman–Crippen LogP) is 1.72. The van der Waals surface area contributed by atoms with Crippen molar-refractivity contribution in [1.29, 1.82) is 0 Å². The van der Waals surface area contributed by atoms with E-state index >= 15 is 0 Å². The van der Waals surface area contributed by atoms with Gasteiger partial charge in [-0.25, -0.2) is 0 Å². The van der Waals surface area contributed by atoms with Crippen LogP contribution in [0.4, 0.5) is 3.89 Å². The molecule has 0 aliphatic rings. The van der Waals surface area contributed by atoms with Gasteiger partial charge in [-0.3, -0.25) is 4.79 Å². The summed E-state index contributed by atoms with van der Waals surface area (Å²) in [6.45, 7) is 4.00. The summed E-state index contributed by atoms with van der Waals surface area (Å²) in [4.78, 5) is 10.5. The molecule has 0 radical (unpaired) electrons. The van der Waals surface area contributed by atoms with Gasteiger partial charge in [0.1, 0.15) is 5.75 Å². The Labute approximate surface area is 106 Å². The number of nitrogens with two attached hydrogens (primary N) is 1. The third-order valence-corrected chi connectivity index (χ3v) is 2.17. The van der Waals surface area contributed by atoms with Gasteiger partial charge in [-0.2, -0.15) is 8.42 Å². The molecule has 5 nitrogen and oxygen atoms in total. The zero-order valence-corrected chi connectivity index (χ0v) is 11.0. The second-order valence-corrected chi connectivity index (χ2v) is 4.04. The maximum absolute atomic E-state index is 12.1. The van der Waals surface area contributed by atoms with E-state index in [-0.39, 0.29) is 12.2 Å². The molecule has 1 rings (SSSR count). The highest BCUT2D eigenvalue weighted by Crippen LogP contribution is 2.15. The molecule has 0 aromatic heterocycles. The van der Waals surface area contributed by atoms with E-state index in [4.69, 9.17) is 5.73 Å². The van der Waals surface area contributed by atoms with Crippen LogP contribution in [0.5, 0.6) is 5.75 Å². The summed E-state index contributed by atoms with van der Waals surface area (Å²) in [7, 11) is -4.99. The molecule has 0 saturated heterocycles. The predicted molar refractivity (Wildman–Crippen MR) is 66.0 cm³/mol. The zero-order chi connectivity index (χ0) is 14.2. The van der Waals surface area contributed by atoms with Crippen molar-refractivity contribution in [1.82, 2.24) is 0 Å². The molecule has 0 aliphatic carbocycles. The number of carbonyl (C=O) groups is 1. The van der Waals surface area contributed by atoms with Crippen LogP contribution in [0.1, 0.15) is 25.8 Å². The molecule has 0 fully saturated rings. The van der Waals surface area contributed by atoms with Crippen LogP contribution in [0, 0.1) is 0 Å². The van der Waals surface area contributed by atoms with Gasteiger partial charge in [-0.1, -0.05) is 29.9 Å². The molecule has 0 bridgehead atoms. The van der Waals surface area contributed by atoms with Crippen LogP contribution in [0.15, 0.2) is 24.3 Å². The van der Waals surface area contributed by atoms with Crippen LogP contribution in [-0.4, -0.2) is 14.3 Å². The number of benzene rings is 1. The second kappa shape index (κ2) is 7.65. The van der Waals surface area contributed by atoms with Gasteiger partial charge in [0.25, 0.3) is 0 Å². The Hall–Kier alpha value is -1.63. The molecule has 1 aromatic rings. The lowest BCUT2D eigenvalue weighted by molar-refractivity contribution is -0.117. The normalized spacial score (nSPS) is 10.2. The van der Waals surface area contributed by atoms with Crippen LogP contribution in [0.3, 0.4) is 0 Å². The van der Waals surface area contributed by atoms with Crippen LogP contribution in [0.25, 0.3) is 0 Å².